The van der Waals surface area contributed by atoms with Gasteiger partial charge in [-0.25, -0.2) is 8.42 Å². The number of carbonyl (C=O) groups excluding carboxylic acids is 1. The number of unbranched alkanes of at least 4 members (excludes halogenated alkanes) is 2. The Morgan fingerprint density at radius 1 is 0.444 bits per heavy atom. The number of hydrogen-bond acceptors (Lipinski definition) is 15. The van der Waals surface area contributed by atoms with Gasteiger partial charge in [-0.2, -0.15) is 0 Å². The van der Waals surface area contributed by atoms with E-state index in [9.17, 15) is 17.8 Å². The van der Waals surface area contributed by atoms with Crippen LogP contribution in [0.15, 0.2) is 182 Å². The molecule has 0 spiro atoms. The van der Waals surface area contributed by atoms with Gasteiger partial charge in [0, 0.05) is 27.3 Å². The van der Waals surface area contributed by atoms with Gasteiger partial charge in [-0.15, -0.1) is 0 Å². The summed E-state index contributed by atoms with van der Waals surface area (Å²) in [5, 5.41) is 0.0260. The van der Waals surface area contributed by atoms with Crippen LogP contribution in [0.2, 0.25) is 0 Å². The first kappa shape index (κ1) is 66.0. The predicted octanol–water partition coefficient (Wildman–Crippen LogP) is 8.64. The maximum absolute atomic E-state index is 12.0. The van der Waals surface area contributed by atoms with Gasteiger partial charge in [0.1, 0.15) is 42.7 Å². The van der Waals surface area contributed by atoms with Crippen molar-refractivity contribution in [2.75, 3.05) is 24.7 Å². The van der Waals surface area contributed by atoms with Crippen LogP contribution in [0.3, 0.4) is 0 Å². The van der Waals surface area contributed by atoms with Gasteiger partial charge in [0.2, 0.25) is 0 Å². The van der Waals surface area contributed by atoms with Crippen LogP contribution in [0.4, 0.5) is 0 Å². The van der Waals surface area contributed by atoms with Crippen molar-refractivity contribution in [1.29, 1.82) is 0 Å². The van der Waals surface area contributed by atoms with Crippen LogP contribution in [-0.2, 0) is 102 Å². The molecule has 2 saturated heterocycles. The Bertz CT molecular complexity index is 2730. The van der Waals surface area contributed by atoms with Crippen molar-refractivity contribution in [1.82, 2.24) is 0 Å². The molecule has 0 saturated carbocycles. The van der Waals surface area contributed by atoms with Crippen LogP contribution >= 0.6 is 11.8 Å². The normalized spacial score (nSPS) is 22.7. The number of thioether (sulfide) groups is 1. The second-order valence-corrected chi connectivity index (χ2v) is 22.3. The van der Waals surface area contributed by atoms with E-state index < -0.39 is 77.3 Å². The maximum atomic E-state index is 12.0. The molecule has 81 heavy (non-hydrogen) atoms. The summed E-state index contributed by atoms with van der Waals surface area (Å²) >= 11 is 1.23. The number of carbonyl (C=O) groups is 1. The first-order valence-electron chi connectivity index (χ1n) is 27.6. The molecule has 0 amide bonds. The van der Waals surface area contributed by atoms with Crippen molar-refractivity contribution in [3.05, 3.63) is 215 Å². The molecule has 0 bridgehead atoms. The van der Waals surface area contributed by atoms with E-state index in [1.807, 2.05) is 189 Å². The second kappa shape index (κ2) is 36.5. The van der Waals surface area contributed by atoms with Gasteiger partial charge >= 0.3 is 29.6 Å². The molecule has 17 heteroatoms. The van der Waals surface area contributed by atoms with Gasteiger partial charge in [-0.3, -0.25) is 4.79 Å². The average molecular weight is 1160 g/mol. The van der Waals surface area contributed by atoms with Crippen LogP contribution in [0, 0.1) is 0 Å². The standard InChI is InChI=1S/C33H40O6S.C31H38O8S.Na.H2/c1-3-4-20-35-33-32(38-23-28-18-12-7-13-19-28)31(37-22-27-16-10-6-11-17-27)30(29(39-33)24-40-25(2)34)36-21-26-14-8-5-9-15-26;1-2-3-19-35-31-30(38-22-26-17-11-6-12-18-26)29(37-21-25-15-9-5-10-16-25)28(27(39-31)23-40(32,33)34)36-20-24-13-7-4-8-14-24;;/h5-19,29-33H,3-4,20-24H2,1-2H3;4-18,27-31H,2-3,19-23H2,1H3,(H,32,33,34);;1H/q;;+1;/p-1/t29-,30-,31+,32-,33+;27-,28-,29+,30-,31+;;/m11../s1. The van der Waals surface area contributed by atoms with E-state index in [1.54, 1.807) is 6.92 Å². The van der Waals surface area contributed by atoms with E-state index >= 15 is 0 Å². The topological polar surface area (TPSA) is 167 Å². The molecule has 2 aliphatic heterocycles. The van der Waals surface area contributed by atoms with Crippen molar-refractivity contribution >= 4 is 27.0 Å². The summed E-state index contributed by atoms with van der Waals surface area (Å²) in [5.41, 5.74) is 5.90. The third-order valence-electron chi connectivity index (χ3n) is 13.3. The zero-order valence-electron chi connectivity index (χ0n) is 47.0. The van der Waals surface area contributed by atoms with Crippen molar-refractivity contribution < 1.29 is 96.1 Å². The summed E-state index contributed by atoms with van der Waals surface area (Å²) in [6.07, 6.45) is -3.57. The first-order valence-corrected chi connectivity index (χ1v) is 30.2. The third kappa shape index (κ3) is 23.1. The van der Waals surface area contributed by atoms with E-state index in [2.05, 4.69) is 6.92 Å². The molecule has 0 aromatic heterocycles. The Labute approximate surface area is 507 Å². The molecule has 0 N–H and O–H groups in total. The van der Waals surface area contributed by atoms with Gasteiger partial charge in [0.25, 0.3) is 0 Å². The van der Waals surface area contributed by atoms with Gasteiger partial charge < -0.3 is 51.9 Å². The third-order valence-corrected chi connectivity index (χ3v) is 14.9. The summed E-state index contributed by atoms with van der Waals surface area (Å²) in [6.45, 7) is 8.45. The minimum Gasteiger partial charge on any atom is -0.748 e. The summed E-state index contributed by atoms with van der Waals surface area (Å²) in [4.78, 5) is 12.0. The van der Waals surface area contributed by atoms with Crippen molar-refractivity contribution in [3.8, 4) is 0 Å². The van der Waals surface area contributed by atoms with Crippen LogP contribution < -0.4 is 29.6 Å². The molecule has 0 aliphatic carbocycles. The Hall–Kier alpha value is -4.15. The molecule has 2 heterocycles. The Balaban J connectivity index is 0.000000293. The zero-order valence-corrected chi connectivity index (χ0v) is 50.7. The molecule has 2 fully saturated rings. The van der Waals surface area contributed by atoms with Crippen LogP contribution in [0.25, 0.3) is 0 Å². The van der Waals surface area contributed by atoms with Gasteiger partial charge in [0.05, 0.1) is 61.6 Å². The number of rotatable bonds is 30. The predicted molar refractivity (Wildman–Crippen MR) is 309 cm³/mol. The molecular formula is C64H79NaO14S2. The summed E-state index contributed by atoms with van der Waals surface area (Å²) < 4.78 is 99.8. The van der Waals surface area contributed by atoms with E-state index in [-0.39, 0.29) is 55.9 Å². The molecule has 2 aliphatic rings. The fourth-order valence-electron chi connectivity index (χ4n) is 9.12. The van der Waals surface area contributed by atoms with Crippen LogP contribution in [0.1, 0.15) is 81.3 Å². The van der Waals surface area contributed by atoms with E-state index in [1.165, 1.54) is 11.8 Å². The van der Waals surface area contributed by atoms with Crippen LogP contribution in [0.5, 0.6) is 0 Å². The summed E-state index contributed by atoms with van der Waals surface area (Å²) in [6, 6.07) is 58.9. The fourth-order valence-corrected chi connectivity index (χ4v) is 10.5. The van der Waals surface area contributed by atoms with Crippen molar-refractivity contribution in [2.24, 2.45) is 0 Å². The molecule has 0 radical (unpaired) electrons. The maximum Gasteiger partial charge on any atom is 1.00 e. The molecule has 8 rings (SSSR count). The molecule has 10 atom stereocenters. The smallest absolute Gasteiger partial charge is 0.748 e. The Morgan fingerprint density at radius 3 is 1.00 bits per heavy atom. The number of hydrogen-bond donors (Lipinski definition) is 0. The molecule has 14 nitrogen and oxygen atoms in total. The minimum atomic E-state index is -4.66. The molecule has 0 unspecified atom stereocenters. The molecule has 6 aromatic carbocycles. The fraction of sp³-hybridized carbons (Fsp3) is 0.422. The molecular weight excluding hydrogens is 1080 g/mol. The van der Waals surface area contributed by atoms with E-state index in [0.717, 1.165) is 59.1 Å². The van der Waals surface area contributed by atoms with E-state index in [4.69, 9.17) is 47.4 Å². The summed E-state index contributed by atoms with van der Waals surface area (Å²) in [7, 11) is -4.66. The second-order valence-electron chi connectivity index (χ2n) is 19.6. The van der Waals surface area contributed by atoms with Gasteiger partial charge in [-0.1, -0.05) is 220 Å². The van der Waals surface area contributed by atoms with E-state index in [0.29, 0.717) is 38.8 Å². The average Bonchev–Trinajstić information content (AvgIpc) is 3.48. The zero-order chi connectivity index (χ0) is 56.2. The minimum absolute atomic E-state index is 0. The van der Waals surface area contributed by atoms with Gasteiger partial charge in [-0.05, 0) is 46.2 Å². The van der Waals surface area contributed by atoms with Gasteiger partial charge in [0.15, 0.2) is 17.7 Å². The largest absolute Gasteiger partial charge is 1.00 e. The van der Waals surface area contributed by atoms with Crippen LogP contribution in [-0.4, -0.2) is 104 Å². The number of ether oxygens (including phenoxy) is 10. The Kier molecular flexibility index (Phi) is 29.8. The number of benzene rings is 6. The summed E-state index contributed by atoms with van der Waals surface area (Å²) in [5.74, 6) is -0.351. The monoisotopic (exact) mass is 1160 g/mol. The van der Waals surface area contributed by atoms with Crippen molar-refractivity contribution in [2.45, 2.75) is 148 Å². The molecule has 432 valence electrons. The van der Waals surface area contributed by atoms with Crippen molar-refractivity contribution in [3.63, 3.8) is 0 Å². The molecule has 6 aromatic rings. The quantitative estimate of drug-likeness (QED) is 0.0239. The first-order chi connectivity index (χ1) is 39.1. The Morgan fingerprint density at radius 2 is 0.716 bits per heavy atom. The SMILES string of the molecule is CCCCO[C@H]1O[C@H](CS(=O)(=O)[O-])[C@@H](OCc2ccccc2)[C@H](OCc2ccccc2)[C@H]1OCc1ccccc1.CCCCO[C@H]1O[C@H](CSC(C)=O)[C@@H](OCc2ccccc2)[C@H](OCc2ccccc2)[C@H]1OCc1ccccc1.[HH].[Na+].